The van der Waals surface area contributed by atoms with Gasteiger partial charge in [0.05, 0.1) is 50.8 Å². The molecule has 3 aromatic carbocycles. The number of hydrogen-bond donors (Lipinski definition) is 9. The predicted octanol–water partition coefficient (Wildman–Crippen LogP) is 11.0. The van der Waals surface area contributed by atoms with E-state index in [1.54, 1.807) is 12.1 Å². The number of phenolic OH excluding ortho intramolecular Hbond substituents is 2. The van der Waals surface area contributed by atoms with Crippen LogP contribution in [0.2, 0.25) is 0 Å². The number of aromatic nitrogens is 1. The minimum atomic E-state index is -1.08. The van der Waals surface area contributed by atoms with Gasteiger partial charge in [-0.3, -0.25) is 4.79 Å². The molecule has 14 rings (SSSR count). The van der Waals surface area contributed by atoms with Gasteiger partial charge in [-0.05, 0) is 197 Å². The summed E-state index contributed by atoms with van der Waals surface area (Å²) in [5, 5.41) is 92.4. The lowest BCUT2D eigenvalue weighted by Gasteiger charge is -2.65. The average molecular weight is 1260 g/mol. The van der Waals surface area contributed by atoms with Crippen LogP contribution in [0, 0.1) is 58.2 Å². The van der Waals surface area contributed by atoms with Gasteiger partial charge in [-0.15, -0.1) is 5.92 Å². The molecule has 5 fully saturated rings. The predicted molar refractivity (Wildman–Crippen MR) is 346 cm³/mol. The second-order valence-electron chi connectivity index (χ2n) is 28.2. The summed E-state index contributed by atoms with van der Waals surface area (Å²) in [6, 6.07) is 13.0. The minimum Gasteiger partial charge on any atom is -0.504 e. The monoisotopic (exact) mass is 1260 g/mol. The topological polar surface area (TPSA) is 234 Å². The van der Waals surface area contributed by atoms with Gasteiger partial charge in [0.2, 0.25) is 11.7 Å². The number of aryl methyl sites for hydroxylation is 1. The molecule has 16 atom stereocenters. The first-order valence-corrected chi connectivity index (χ1v) is 35.9. The molecule has 4 aliphatic carbocycles. The highest BCUT2D eigenvalue weighted by atomic mass is 33.1. The van der Waals surface area contributed by atoms with Crippen molar-refractivity contribution in [3.05, 3.63) is 77.1 Å². The number of ether oxygens (including phenoxy) is 5. The molecular weight excluding hydrogens is 1170 g/mol. The van der Waals surface area contributed by atoms with Crippen LogP contribution in [0.5, 0.6) is 28.7 Å². The summed E-state index contributed by atoms with van der Waals surface area (Å²) in [6.07, 6.45) is 17.6. The van der Waals surface area contributed by atoms with Crippen molar-refractivity contribution in [2.45, 2.75) is 215 Å². The Kier molecular flexibility index (Phi) is 20.4. The third kappa shape index (κ3) is 13.6. The number of methoxy groups -OCH3 is 2. The number of aliphatic hydroxyl groups is 5. The number of phenols is 2. The SMILES string of the molecule is COc1cc(C[C@H]2[C@H](O)C[C@@H](OCO)CCc3cc4c(O)cc3[C@H](C[C@H](O)c3cccc5cn(cc35)COCCC[C@H]3NC(=O)C[C@H]3[C@H](O)C[C@@H]3CC[C@@]56C[C@@H](CC[C@H]5CNC5(CC#C[C@]67C[C@H](C)CC[C@@H]37)CCCCC5)O4)SSC[C@@H]2O)cc(OC)c1O. The quantitative estimate of drug-likeness (QED) is 0.0496. The number of aliphatic hydroxyl groups excluding tert-OH is 5. The lowest BCUT2D eigenvalue weighted by Crippen LogP contribution is -2.62. The van der Waals surface area contributed by atoms with Crippen molar-refractivity contribution in [2.75, 3.05) is 39.9 Å². The van der Waals surface area contributed by atoms with Gasteiger partial charge in [-0.1, -0.05) is 78.3 Å². The van der Waals surface area contributed by atoms with Crippen LogP contribution in [0.1, 0.15) is 175 Å². The van der Waals surface area contributed by atoms with E-state index in [2.05, 4.69) is 29.4 Å². The fourth-order valence-corrected chi connectivity index (χ4v) is 21.4. The average Bonchev–Trinajstić information content (AvgIpc) is 1.25. The van der Waals surface area contributed by atoms with Gasteiger partial charge < -0.3 is 74.6 Å². The van der Waals surface area contributed by atoms with Crippen LogP contribution in [0.3, 0.4) is 0 Å². The smallest absolute Gasteiger partial charge is 0.220 e. The summed E-state index contributed by atoms with van der Waals surface area (Å²) in [5.41, 5.74) is 2.59. The van der Waals surface area contributed by atoms with E-state index in [1.165, 1.54) is 55.1 Å². The number of hydrogen-bond acceptors (Lipinski definition) is 16. The third-order valence-electron chi connectivity index (χ3n) is 22.9. The largest absolute Gasteiger partial charge is 0.504 e. The van der Waals surface area contributed by atoms with Crippen molar-refractivity contribution < 1.29 is 64.2 Å². The summed E-state index contributed by atoms with van der Waals surface area (Å²) in [5.74, 6) is 9.57. The second-order valence-corrected chi connectivity index (χ2v) is 30.8. The molecule has 89 heavy (non-hydrogen) atoms. The van der Waals surface area contributed by atoms with Gasteiger partial charge in [0.1, 0.15) is 13.5 Å². The zero-order valence-corrected chi connectivity index (χ0v) is 54.1. The van der Waals surface area contributed by atoms with E-state index < -0.39 is 48.5 Å². The molecule has 1 amide bonds. The highest BCUT2D eigenvalue weighted by Gasteiger charge is 2.65. The van der Waals surface area contributed by atoms with Crippen molar-refractivity contribution in [1.82, 2.24) is 15.2 Å². The number of aromatic hydroxyl groups is 2. The number of nitrogens with one attached hydrogen (secondary N) is 2. The molecule has 9 bridgehead atoms. The molecule has 10 aliphatic rings. The maximum absolute atomic E-state index is 13.3. The van der Waals surface area contributed by atoms with E-state index in [4.69, 9.17) is 23.7 Å². The molecule has 1 aromatic heterocycles. The number of benzene rings is 3. The Morgan fingerprint density at radius 3 is 2.46 bits per heavy atom. The fourth-order valence-electron chi connectivity index (χ4n) is 18.5. The van der Waals surface area contributed by atoms with Crippen molar-refractivity contribution in [3.63, 3.8) is 0 Å². The summed E-state index contributed by atoms with van der Waals surface area (Å²) >= 11 is 0. The van der Waals surface area contributed by atoms with Gasteiger partial charge >= 0.3 is 0 Å². The van der Waals surface area contributed by atoms with Crippen molar-refractivity contribution in [3.8, 4) is 40.6 Å². The first kappa shape index (κ1) is 64.7. The maximum Gasteiger partial charge on any atom is 0.220 e. The van der Waals surface area contributed by atoms with Gasteiger partial charge in [-0.25, -0.2) is 0 Å². The Morgan fingerprint density at radius 1 is 0.843 bits per heavy atom. The molecule has 9 N–H and O–H groups in total. The number of rotatable bonds is 6. The first-order chi connectivity index (χ1) is 43.1. The van der Waals surface area contributed by atoms with Crippen LogP contribution in [-0.4, -0.2) is 128 Å². The molecule has 1 saturated heterocycles. The molecule has 16 nitrogen and oxygen atoms in total. The van der Waals surface area contributed by atoms with Crippen LogP contribution < -0.4 is 24.8 Å². The van der Waals surface area contributed by atoms with Crippen LogP contribution in [0.15, 0.2) is 54.9 Å². The Balaban J connectivity index is 0.931. The molecule has 0 radical (unpaired) electrons. The summed E-state index contributed by atoms with van der Waals surface area (Å²) in [6.45, 7) is 3.52. The van der Waals surface area contributed by atoms with Gasteiger partial charge in [0.25, 0.3) is 0 Å². The van der Waals surface area contributed by atoms with Crippen molar-refractivity contribution >= 4 is 38.3 Å². The molecule has 4 aromatic rings. The number of carbonyl (C=O) groups excluding carboxylic acids is 1. The zero-order chi connectivity index (χ0) is 62.0. The normalized spacial score (nSPS) is 35.6. The molecule has 6 aliphatic heterocycles. The lowest BCUT2D eigenvalue weighted by molar-refractivity contribution is -0.161. The molecule has 7 heterocycles. The van der Waals surface area contributed by atoms with Crippen molar-refractivity contribution in [1.29, 1.82) is 0 Å². The number of carbonyl (C=O) groups is 1. The highest BCUT2D eigenvalue weighted by molar-refractivity contribution is 8.76. The molecule has 0 unspecified atom stereocenters. The Morgan fingerprint density at radius 2 is 1.66 bits per heavy atom. The minimum absolute atomic E-state index is 0.00256. The number of nitrogens with zero attached hydrogens (tertiary/aromatic N) is 1. The third-order valence-corrected chi connectivity index (χ3v) is 25.8. The fraction of sp³-hybridized carbons (Fsp3) is 0.676. The Labute approximate surface area is 533 Å². The van der Waals surface area contributed by atoms with E-state index >= 15 is 0 Å². The van der Waals surface area contributed by atoms with Gasteiger partial charge in [0.15, 0.2) is 23.0 Å². The van der Waals surface area contributed by atoms with E-state index in [0.717, 1.165) is 111 Å². The summed E-state index contributed by atoms with van der Waals surface area (Å²) in [4.78, 5) is 13.3. The van der Waals surface area contributed by atoms with Crippen LogP contribution >= 0.6 is 21.6 Å². The molecule has 18 heteroatoms. The highest BCUT2D eigenvalue weighted by Crippen LogP contribution is 2.70. The molecule has 4 saturated carbocycles. The molecule has 3 spiro atoms. The lowest BCUT2D eigenvalue weighted by atomic mass is 9.38. The van der Waals surface area contributed by atoms with Gasteiger partial charge in [0, 0.05) is 77.1 Å². The van der Waals surface area contributed by atoms with Crippen molar-refractivity contribution in [2.24, 2.45) is 46.3 Å². The Hall–Kier alpha value is -4.39. The maximum atomic E-state index is 13.3. The summed E-state index contributed by atoms with van der Waals surface area (Å²) < 4.78 is 32.7. The second kappa shape index (κ2) is 28.1. The van der Waals surface area contributed by atoms with E-state index in [0.29, 0.717) is 68.6 Å². The van der Waals surface area contributed by atoms with E-state index in [1.807, 2.05) is 47.3 Å². The standard InChI is InChI=1S/C71H97N3O13S2/c1-43-13-18-56-46-19-24-70-36-50(17-15-48(70)37-72-69(20-5-4-6-21-69)22-9-23-71(56,70)35-43)87-63-30-45-14-16-49(86-42-75)31-59(77)54(26-44-27-64(83-2)68(82)65(28-44)84-3)62(80)40-88-89-66(52(45)32-61(63)79)34-60(78)51-11-7-10-47-38-74(39-55(47)51)41-85-25-8-12-57-53(58(76)29-46)33-67(81)73-57/h7,10-11,27-28,30,32,38-39,43,46,48-50,53-54,56-60,62,66,72,75-80,82H,4-6,8,12-22,24-26,29,31,33-37,40-42H2,1-3H3,(H,73,81)/t43-,46+,48+,49+,50-,53-,54+,56+,57-,58-,59-,60+,62+,66+,70-,71-/m1/s1. The van der Waals surface area contributed by atoms with Crippen LogP contribution in [0.4, 0.5) is 0 Å². The zero-order valence-electron chi connectivity index (χ0n) is 52.4. The molecular formula is C71H97N3O13S2. The van der Waals surface area contributed by atoms with E-state index in [-0.39, 0.29) is 100 Å². The van der Waals surface area contributed by atoms with Crippen LogP contribution in [0.25, 0.3) is 10.8 Å². The van der Waals surface area contributed by atoms with Gasteiger partial charge in [-0.2, -0.15) is 0 Å². The van der Waals surface area contributed by atoms with E-state index in [9.17, 15) is 40.5 Å². The molecule has 486 valence electrons. The Bertz CT molecular complexity index is 3140. The number of amides is 1. The summed E-state index contributed by atoms with van der Waals surface area (Å²) in [7, 11) is 5.88. The van der Waals surface area contributed by atoms with Crippen LogP contribution in [-0.2, 0) is 33.8 Å². The first-order valence-electron chi connectivity index (χ1n) is 33.5.